The first kappa shape index (κ1) is 16.5. The summed E-state index contributed by atoms with van der Waals surface area (Å²) in [7, 11) is 1.92. The molecule has 0 atom stereocenters. The zero-order valence-corrected chi connectivity index (χ0v) is 14.9. The molecule has 0 spiro atoms. The van der Waals surface area contributed by atoms with Gasteiger partial charge in [0, 0.05) is 30.6 Å². The molecule has 4 rings (SSSR count). The molecule has 0 saturated heterocycles. The number of nitrogens with zero attached hydrogens (tertiary/aromatic N) is 3. The molecule has 1 N–H and O–H groups in total. The van der Waals surface area contributed by atoms with Crippen molar-refractivity contribution in [2.75, 3.05) is 0 Å². The van der Waals surface area contributed by atoms with E-state index in [1.165, 1.54) is 0 Å². The average molecular weight is 349 g/mol. The minimum absolute atomic E-state index is 0.138. The maximum absolute atomic E-state index is 8.70. The van der Waals surface area contributed by atoms with Crippen LogP contribution in [0.15, 0.2) is 47.0 Å². The van der Waals surface area contributed by atoms with Gasteiger partial charge in [0.1, 0.15) is 17.9 Å². The van der Waals surface area contributed by atoms with Gasteiger partial charge in [-0.2, -0.15) is 5.10 Å². The van der Waals surface area contributed by atoms with E-state index in [2.05, 4.69) is 15.0 Å². The Morgan fingerprint density at radius 3 is 2.77 bits per heavy atom. The van der Waals surface area contributed by atoms with Gasteiger partial charge in [0.05, 0.1) is 11.3 Å². The molecule has 6 heteroatoms. The van der Waals surface area contributed by atoms with Gasteiger partial charge < -0.3 is 4.42 Å². The predicted octanol–water partition coefficient (Wildman–Crippen LogP) is 4.50. The van der Waals surface area contributed by atoms with Crippen LogP contribution in [0.1, 0.15) is 17.0 Å². The first-order valence-electron chi connectivity index (χ1n) is 8.33. The molecule has 3 aromatic heterocycles. The minimum atomic E-state index is 0.138. The summed E-state index contributed by atoms with van der Waals surface area (Å²) in [6.45, 7) is 4.14. The molecule has 0 bridgehead atoms. The molecule has 1 aromatic carbocycles. The summed E-state index contributed by atoms with van der Waals surface area (Å²) in [6, 6.07) is 11.7. The van der Waals surface area contributed by atoms with Crippen molar-refractivity contribution in [1.29, 1.82) is 0 Å². The van der Waals surface area contributed by atoms with Crippen molar-refractivity contribution in [2.45, 2.75) is 20.5 Å². The van der Waals surface area contributed by atoms with Crippen LogP contribution in [0, 0.1) is 13.8 Å². The highest BCUT2D eigenvalue weighted by atomic mass is 17.1. The second-order valence-corrected chi connectivity index (χ2v) is 6.33. The lowest BCUT2D eigenvalue weighted by Crippen LogP contribution is -1.92. The van der Waals surface area contributed by atoms with Gasteiger partial charge in [0.15, 0.2) is 5.58 Å². The van der Waals surface area contributed by atoms with Crippen molar-refractivity contribution < 1.29 is 14.6 Å². The lowest BCUT2D eigenvalue weighted by atomic mass is 10.0. The highest BCUT2D eigenvalue weighted by molar-refractivity contribution is 5.92. The van der Waals surface area contributed by atoms with Crippen molar-refractivity contribution in [3.05, 3.63) is 59.5 Å². The molecule has 4 aromatic rings. The molecule has 0 amide bonds. The molecule has 0 aliphatic heterocycles. The quantitative estimate of drug-likeness (QED) is 0.434. The van der Waals surface area contributed by atoms with Gasteiger partial charge in [-0.3, -0.25) is 14.9 Å². The zero-order chi connectivity index (χ0) is 18.3. The van der Waals surface area contributed by atoms with Gasteiger partial charge in [-0.05, 0) is 37.1 Å². The Balaban J connectivity index is 1.88. The van der Waals surface area contributed by atoms with E-state index in [4.69, 9.17) is 9.67 Å². The molecule has 0 radical (unpaired) electrons. The monoisotopic (exact) mass is 349 g/mol. The summed E-state index contributed by atoms with van der Waals surface area (Å²) in [5, 5.41) is 13.2. The normalized spacial score (nSPS) is 11.4. The van der Waals surface area contributed by atoms with E-state index >= 15 is 0 Å². The third kappa shape index (κ3) is 2.69. The van der Waals surface area contributed by atoms with Crippen LogP contribution >= 0.6 is 0 Å². The van der Waals surface area contributed by atoms with E-state index in [1.54, 1.807) is 6.20 Å². The van der Waals surface area contributed by atoms with Crippen LogP contribution in [-0.2, 0) is 18.5 Å². The molecule has 0 unspecified atom stereocenters. The molecule has 0 aliphatic carbocycles. The maximum atomic E-state index is 8.70. The number of aryl methyl sites for hydroxylation is 2. The molecule has 0 saturated carbocycles. The van der Waals surface area contributed by atoms with Crippen LogP contribution in [0.25, 0.3) is 33.6 Å². The summed E-state index contributed by atoms with van der Waals surface area (Å²) in [5.74, 6) is 0.762. The van der Waals surface area contributed by atoms with Crippen LogP contribution in [-0.4, -0.2) is 20.0 Å². The van der Waals surface area contributed by atoms with Gasteiger partial charge in [-0.25, -0.2) is 4.89 Å². The Labute approximate surface area is 150 Å². The van der Waals surface area contributed by atoms with Crippen molar-refractivity contribution in [2.24, 2.45) is 7.05 Å². The molecular weight excluding hydrogens is 330 g/mol. The standard InChI is InChI=1S/C20H19N3O3/c1-12-19(13(2)23(3)22-12)18-10-17-20(26-18)16(7-8-21-17)15-6-4-5-14(9-15)11-25-24/h4-10,24H,11H2,1-3H3. The van der Waals surface area contributed by atoms with Gasteiger partial charge >= 0.3 is 0 Å². The highest BCUT2D eigenvalue weighted by Crippen LogP contribution is 2.35. The SMILES string of the molecule is Cc1nn(C)c(C)c1-c1cc2nccc(-c3cccc(COO)c3)c2o1. The number of pyridine rings is 1. The maximum Gasteiger partial charge on any atom is 0.161 e. The van der Waals surface area contributed by atoms with E-state index in [-0.39, 0.29) is 6.61 Å². The van der Waals surface area contributed by atoms with E-state index < -0.39 is 0 Å². The first-order valence-corrected chi connectivity index (χ1v) is 8.33. The van der Waals surface area contributed by atoms with Gasteiger partial charge in [0.2, 0.25) is 0 Å². The Morgan fingerprint density at radius 2 is 2.04 bits per heavy atom. The van der Waals surface area contributed by atoms with E-state index in [0.717, 1.165) is 50.5 Å². The second-order valence-electron chi connectivity index (χ2n) is 6.33. The number of benzene rings is 1. The second kappa shape index (κ2) is 6.40. The number of hydrogen-bond acceptors (Lipinski definition) is 5. The van der Waals surface area contributed by atoms with E-state index in [1.807, 2.05) is 62.0 Å². The molecule has 26 heavy (non-hydrogen) atoms. The predicted molar refractivity (Wildman–Crippen MR) is 98.5 cm³/mol. The summed E-state index contributed by atoms with van der Waals surface area (Å²) in [6.07, 6.45) is 1.77. The third-order valence-corrected chi connectivity index (χ3v) is 4.64. The first-order chi connectivity index (χ1) is 12.6. The smallest absolute Gasteiger partial charge is 0.161 e. The van der Waals surface area contributed by atoms with E-state index in [9.17, 15) is 0 Å². The minimum Gasteiger partial charge on any atom is -0.454 e. The topological polar surface area (TPSA) is 73.3 Å². The zero-order valence-electron chi connectivity index (χ0n) is 14.9. The lowest BCUT2D eigenvalue weighted by molar-refractivity contribution is -0.253. The third-order valence-electron chi connectivity index (χ3n) is 4.64. The lowest BCUT2D eigenvalue weighted by Gasteiger charge is -2.05. The van der Waals surface area contributed by atoms with Crippen LogP contribution in [0.2, 0.25) is 0 Å². The Kier molecular flexibility index (Phi) is 4.06. The fourth-order valence-electron chi connectivity index (χ4n) is 3.32. The van der Waals surface area contributed by atoms with Gasteiger partial charge in [0.25, 0.3) is 0 Å². The average Bonchev–Trinajstić information content (AvgIpc) is 3.15. The number of hydrogen-bond donors (Lipinski definition) is 1. The van der Waals surface area contributed by atoms with E-state index in [0.29, 0.717) is 0 Å². The van der Waals surface area contributed by atoms with Crippen LogP contribution < -0.4 is 0 Å². The van der Waals surface area contributed by atoms with Crippen LogP contribution in [0.5, 0.6) is 0 Å². The van der Waals surface area contributed by atoms with Crippen LogP contribution in [0.3, 0.4) is 0 Å². The van der Waals surface area contributed by atoms with Gasteiger partial charge in [-0.1, -0.05) is 18.2 Å². The Hall–Kier alpha value is -2.96. The molecular formula is C20H19N3O3. The number of rotatable bonds is 4. The molecule has 132 valence electrons. The molecule has 0 aliphatic rings. The van der Waals surface area contributed by atoms with Crippen molar-refractivity contribution >= 4 is 11.1 Å². The largest absolute Gasteiger partial charge is 0.454 e. The van der Waals surface area contributed by atoms with Crippen molar-refractivity contribution in [3.63, 3.8) is 0 Å². The fraction of sp³-hybridized carbons (Fsp3) is 0.200. The fourth-order valence-corrected chi connectivity index (χ4v) is 3.32. The Morgan fingerprint density at radius 1 is 1.19 bits per heavy atom. The number of aromatic nitrogens is 3. The summed E-state index contributed by atoms with van der Waals surface area (Å²) in [5.41, 5.74) is 7.29. The number of fused-ring (bicyclic) bond motifs is 1. The summed E-state index contributed by atoms with van der Waals surface area (Å²) >= 11 is 0. The van der Waals surface area contributed by atoms with Crippen molar-refractivity contribution in [1.82, 2.24) is 14.8 Å². The van der Waals surface area contributed by atoms with Crippen LogP contribution in [0.4, 0.5) is 0 Å². The molecule has 6 nitrogen and oxygen atoms in total. The van der Waals surface area contributed by atoms with Gasteiger partial charge in [-0.15, -0.1) is 0 Å². The highest BCUT2D eigenvalue weighted by Gasteiger charge is 2.18. The molecule has 0 fully saturated rings. The summed E-state index contributed by atoms with van der Waals surface area (Å²) < 4.78 is 8.07. The van der Waals surface area contributed by atoms with Crippen molar-refractivity contribution in [3.8, 4) is 22.5 Å². The molecule has 3 heterocycles. The Bertz CT molecular complexity index is 1100. The number of furan rings is 1. The summed E-state index contributed by atoms with van der Waals surface area (Å²) in [4.78, 5) is 8.70.